The molecule has 1 aromatic carbocycles. The van der Waals surface area contributed by atoms with Crippen LogP contribution in [0.4, 0.5) is 0 Å². The summed E-state index contributed by atoms with van der Waals surface area (Å²) in [6.07, 6.45) is -1.07. The number of carbonyl (C=O) groups excluding carboxylic acids is 4. The van der Waals surface area contributed by atoms with Crippen LogP contribution in [0.15, 0.2) is 33.5 Å². The molecule has 0 N–H and O–H groups in total. The zero-order chi connectivity index (χ0) is 32.8. The van der Waals surface area contributed by atoms with Crippen molar-refractivity contribution in [2.24, 2.45) is 21.7 Å². The number of fused-ring (bicyclic) bond motifs is 7. The van der Waals surface area contributed by atoms with Crippen LogP contribution in [0, 0.1) is 21.7 Å². The van der Waals surface area contributed by atoms with Crippen LogP contribution < -0.4 is 10.4 Å². The Morgan fingerprint density at radius 3 is 1.69 bits per heavy atom. The minimum absolute atomic E-state index is 0.147. The normalized spacial score (nSPS) is 37.9. The third-order valence-corrected chi connectivity index (χ3v) is 12.7. The highest BCUT2D eigenvalue weighted by Crippen LogP contribution is 2.67. The Hall–Kier alpha value is -3.89. The summed E-state index contributed by atoms with van der Waals surface area (Å²) in [5.41, 5.74) is -8.12. The average molecular weight is 623 g/mol. The van der Waals surface area contributed by atoms with Crippen LogP contribution in [-0.2, 0) is 38.1 Å². The van der Waals surface area contributed by atoms with E-state index in [1.807, 2.05) is 27.7 Å². The van der Waals surface area contributed by atoms with Gasteiger partial charge in [-0.2, -0.15) is 0 Å². The lowest BCUT2D eigenvalue weighted by Crippen LogP contribution is -2.57. The maximum absolute atomic E-state index is 14.3. The molecule has 4 heterocycles. The van der Waals surface area contributed by atoms with Crippen molar-refractivity contribution in [3.8, 4) is 5.75 Å². The van der Waals surface area contributed by atoms with Crippen molar-refractivity contribution in [1.82, 2.24) is 0 Å². The fourth-order valence-corrected chi connectivity index (χ4v) is 8.45. The van der Waals surface area contributed by atoms with Gasteiger partial charge in [0.2, 0.25) is 11.2 Å². The summed E-state index contributed by atoms with van der Waals surface area (Å²) in [5.74, 6) is -2.30. The average Bonchev–Trinajstić information content (AvgIpc) is 3.42. The Balaban J connectivity index is 1.33. The monoisotopic (exact) mass is 622 g/mol. The predicted octanol–water partition coefficient (Wildman–Crippen LogP) is 4.70. The number of hydrogen-bond acceptors (Lipinski definition) is 11. The van der Waals surface area contributed by atoms with Gasteiger partial charge in [0.15, 0.2) is 23.5 Å². The lowest BCUT2D eigenvalue weighted by Gasteiger charge is -2.45. The molecule has 4 fully saturated rings. The highest BCUT2D eigenvalue weighted by molar-refractivity contribution is 5.95. The van der Waals surface area contributed by atoms with E-state index in [1.165, 1.54) is 6.07 Å². The molecule has 0 unspecified atom stereocenters. The van der Waals surface area contributed by atoms with E-state index in [-0.39, 0.29) is 24.2 Å². The Morgan fingerprint density at radius 2 is 1.20 bits per heavy atom. The standard InChI is InChI=1S/C34H38O11/c1-28(2)23(42-27(39)34-16-14-32(8,25(37)45-34)30(34,5)6)22(18-11-9-17-10-12-19(35)40-20(17)21(18)43-28)41-26(38)33-15-13-31(7,24(36)44-33)29(33,3)4/h9-12,22-23H,13-16H2,1-8H3/t22-,23-,31-,32-,33+,34+/m0/s1. The molecule has 0 radical (unpaired) electrons. The fraction of sp³-hybridized carbons (Fsp3) is 0.618. The van der Waals surface area contributed by atoms with E-state index < -0.39 is 80.2 Å². The van der Waals surface area contributed by atoms with E-state index in [0.29, 0.717) is 23.8 Å². The number of rotatable bonds is 4. The van der Waals surface area contributed by atoms with Crippen molar-refractivity contribution in [2.75, 3.05) is 0 Å². The van der Waals surface area contributed by atoms with Gasteiger partial charge in [-0.3, -0.25) is 9.59 Å². The smallest absolute Gasteiger partial charge is 0.351 e. The Bertz CT molecular complexity index is 1780. The summed E-state index contributed by atoms with van der Waals surface area (Å²) < 4.78 is 36.1. The highest BCUT2D eigenvalue weighted by atomic mass is 16.7. The second kappa shape index (κ2) is 8.47. The Labute approximate surface area is 259 Å². The molecule has 11 nitrogen and oxygen atoms in total. The third-order valence-electron chi connectivity index (χ3n) is 12.7. The summed E-state index contributed by atoms with van der Waals surface area (Å²) >= 11 is 0. The first kappa shape index (κ1) is 29.8. The van der Waals surface area contributed by atoms with E-state index in [2.05, 4.69) is 0 Å². The van der Waals surface area contributed by atoms with Gasteiger partial charge in [0, 0.05) is 27.8 Å². The molecule has 240 valence electrons. The van der Waals surface area contributed by atoms with Crippen LogP contribution in [0.25, 0.3) is 11.0 Å². The summed E-state index contributed by atoms with van der Waals surface area (Å²) in [5, 5.41) is 0.574. The van der Waals surface area contributed by atoms with Crippen molar-refractivity contribution in [1.29, 1.82) is 0 Å². The van der Waals surface area contributed by atoms with Gasteiger partial charge < -0.3 is 28.1 Å². The molecule has 2 aromatic rings. The van der Waals surface area contributed by atoms with E-state index in [4.69, 9.17) is 28.1 Å². The molecule has 2 saturated carbocycles. The van der Waals surface area contributed by atoms with Crippen LogP contribution in [0.5, 0.6) is 5.75 Å². The number of hydrogen-bond donors (Lipinski definition) is 0. The van der Waals surface area contributed by atoms with Crippen LogP contribution in [0.3, 0.4) is 0 Å². The summed E-state index contributed by atoms with van der Waals surface area (Å²) in [7, 11) is 0. The molecule has 6 atom stereocenters. The summed E-state index contributed by atoms with van der Waals surface area (Å²) in [4.78, 5) is 66.8. The molecule has 45 heavy (non-hydrogen) atoms. The molecule has 11 heteroatoms. The second-order valence-corrected chi connectivity index (χ2v) is 15.4. The van der Waals surface area contributed by atoms with Gasteiger partial charge in [-0.15, -0.1) is 0 Å². The fourth-order valence-electron chi connectivity index (χ4n) is 8.45. The lowest BCUT2D eigenvalue weighted by molar-refractivity contribution is -0.217. The largest absolute Gasteiger partial charge is 0.479 e. The molecule has 2 aliphatic carbocycles. The van der Waals surface area contributed by atoms with Gasteiger partial charge in [-0.1, -0.05) is 39.8 Å². The van der Waals surface area contributed by atoms with Gasteiger partial charge in [0.1, 0.15) is 5.60 Å². The molecular weight excluding hydrogens is 584 g/mol. The van der Waals surface area contributed by atoms with Crippen molar-refractivity contribution in [3.05, 3.63) is 40.2 Å². The number of esters is 4. The Morgan fingerprint density at radius 1 is 0.689 bits per heavy atom. The quantitative estimate of drug-likeness (QED) is 0.266. The topological polar surface area (TPSA) is 145 Å². The van der Waals surface area contributed by atoms with Gasteiger partial charge in [0.05, 0.1) is 10.8 Å². The predicted molar refractivity (Wildman–Crippen MR) is 156 cm³/mol. The Kier molecular flexibility index (Phi) is 5.61. The summed E-state index contributed by atoms with van der Waals surface area (Å²) in [6.45, 7) is 14.2. The van der Waals surface area contributed by atoms with E-state index in [1.54, 1.807) is 45.9 Å². The van der Waals surface area contributed by atoms with Gasteiger partial charge in [-0.25, -0.2) is 14.4 Å². The maximum atomic E-state index is 14.3. The zero-order valence-electron chi connectivity index (χ0n) is 26.8. The molecule has 5 aliphatic rings. The van der Waals surface area contributed by atoms with Crippen molar-refractivity contribution >= 4 is 34.8 Å². The van der Waals surface area contributed by atoms with Crippen LogP contribution >= 0.6 is 0 Å². The first-order chi connectivity index (χ1) is 20.8. The molecular formula is C34H38O11. The van der Waals surface area contributed by atoms with E-state index >= 15 is 0 Å². The third kappa shape index (κ3) is 3.29. The highest BCUT2D eigenvalue weighted by Gasteiger charge is 2.78. The first-order valence-electron chi connectivity index (χ1n) is 15.4. The molecule has 0 amide bonds. The molecule has 7 rings (SSSR count). The molecule has 0 spiro atoms. The minimum atomic E-state index is -1.56. The minimum Gasteiger partial charge on any atom is -0.479 e. The molecule has 3 aliphatic heterocycles. The van der Waals surface area contributed by atoms with E-state index in [9.17, 15) is 24.0 Å². The van der Waals surface area contributed by atoms with Gasteiger partial charge in [0.25, 0.3) is 0 Å². The number of carbonyl (C=O) groups is 4. The van der Waals surface area contributed by atoms with Gasteiger partial charge >= 0.3 is 29.5 Å². The van der Waals surface area contributed by atoms with Crippen molar-refractivity contribution < 1.29 is 47.3 Å². The first-order valence-corrected chi connectivity index (χ1v) is 15.4. The number of ether oxygens (including phenoxy) is 5. The van der Waals surface area contributed by atoms with Crippen molar-refractivity contribution in [3.63, 3.8) is 0 Å². The SMILES string of the molecule is CC1(C)Oc2c(ccc3ccc(=O)oc23)[C@H](OC(=O)[C@@]23CC[C@@](C)(C(=O)O2)C3(C)C)[C@@H]1OC(=O)[C@@]12CC[C@@](C)(C(=O)O1)C2(C)C. The lowest BCUT2D eigenvalue weighted by atomic mass is 9.66. The van der Waals surface area contributed by atoms with Crippen LogP contribution in [-0.4, -0.2) is 46.8 Å². The van der Waals surface area contributed by atoms with Gasteiger partial charge in [-0.05, 0) is 59.4 Å². The molecule has 1 aromatic heterocycles. The number of benzene rings is 1. The molecule has 2 saturated heterocycles. The van der Waals surface area contributed by atoms with Crippen LogP contribution in [0.1, 0.15) is 92.7 Å². The second-order valence-electron chi connectivity index (χ2n) is 15.4. The molecule has 4 bridgehead atoms. The van der Waals surface area contributed by atoms with E-state index in [0.717, 1.165) is 0 Å². The van der Waals surface area contributed by atoms with Crippen LogP contribution in [0.2, 0.25) is 0 Å². The summed E-state index contributed by atoms with van der Waals surface area (Å²) in [6, 6.07) is 6.23. The maximum Gasteiger partial charge on any atom is 0.351 e. The zero-order valence-corrected chi connectivity index (χ0v) is 26.8. The van der Waals surface area contributed by atoms with Crippen molar-refractivity contribution in [2.45, 2.75) is 110 Å².